The fraction of sp³-hybridized carbons (Fsp3) is 0.350. The molecule has 1 aromatic heterocycles. The lowest BCUT2D eigenvalue weighted by Crippen LogP contribution is -2.55. The van der Waals surface area contributed by atoms with Crippen LogP contribution in [0.5, 0.6) is 0 Å². The molecule has 3 rings (SSSR count). The van der Waals surface area contributed by atoms with Gasteiger partial charge in [0.15, 0.2) is 0 Å². The number of carbonyl (C=O) groups is 2. The summed E-state index contributed by atoms with van der Waals surface area (Å²) < 4.78 is 26.5. The average Bonchev–Trinajstić information content (AvgIpc) is 2.67. The van der Waals surface area contributed by atoms with Crippen LogP contribution in [0.25, 0.3) is 0 Å². The Morgan fingerprint density at radius 3 is 2.56 bits per heavy atom. The van der Waals surface area contributed by atoms with E-state index < -0.39 is 11.3 Å². The van der Waals surface area contributed by atoms with E-state index in [4.69, 9.17) is 0 Å². The number of nitrogens with one attached hydrogen (secondary N) is 2. The van der Waals surface area contributed by atoms with Gasteiger partial charge in [0, 0.05) is 31.6 Å². The molecular weight excluding hydrogens is 352 g/mol. The molecule has 1 aliphatic rings. The lowest BCUT2D eigenvalue weighted by atomic mass is 9.73. The van der Waals surface area contributed by atoms with E-state index in [1.807, 2.05) is 30.3 Å². The van der Waals surface area contributed by atoms with E-state index in [1.54, 1.807) is 0 Å². The number of rotatable bonds is 5. The first-order valence-corrected chi connectivity index (χ1v) is 8.75. The van der Waals surface area contributed by atoms with E-state index in [9.17, 15) is 18.4 Å². The minimum atomic E-state index is -2.95. The summed E-state index contributed by atoms with van der Waals surface area (Å²) in [5, 5.41) is 5.62. The molecule has 1 atom stereocenters. The third-order valence-corrected chi connectivity index (χ3v) is 4.89. The molecular formula is C20H21F2N3O2. The lowest BCUT2D eigenvalue weighted by Gasteiger charge is -2.36. The fourth-order valence-electron chi connectivity index (χ4n) is 3.21. The second-order valence-electron chi connectivity index (χ2n) is 6.83. The molecule has 0 bridgehead atoms. The van der Waals surface area contributed by atoms with Gasteiger partial charge in [0.2, 0.25) is 11.8 Å². The average molecular weight is 373 g/mol. The smallest absolute Gasteiger partial charge is 0.272 e. The van der Waals surface area contributed by atoms with Crippen molar-refractivity contribution in [3.63, 3.8) is 0 Å². The van der Waals surface area contributed by atoms with Crippen LogP contribution in [0.15, 0.2) is 48.7 Å². The SMILES string of the molecule is CC(F)(F)c1ccc(CNC(=O)C2(c3ccccc3)CCC(=O)NC2)nc1. The number of nitrogens with zero attached hydrogens (tertiary/aromatic N) is 1. The van der Waals surface area contributed by atoms with Crippen LogP contribution < -0.4 is 10.6 Å². The summed E-state index contributed by atoms with van der Waals surface area (Å²) in [5.41, 5.74) is 0.287. The first-order valence-electron chi connectivity index (χ1n) is 8.75. The standard InChI is InChI=1S/C20H21F2N3O2/c1-19(21,22)15-7-8-16(23-11-15)12-24-18(27)20(10-9-17(26)25-13-20)14-5-3-2-4-6-14/h2-8,11H,9-10,12-13H2,1H3,(H,24,27)(H,25,26). The van der Waals surface area contributed by atoms with E-state index in [1.165, 1.54) is 12.1 Å². The van der Waals surface area contributed by atoms with E-state index in [0.717, 1.165) is 18.7 Å². The van der Waals surface area contributed by atoms with Crippen molar-refractivity contribution in [3.8, 4) is 0 Å². The Labute approximate surface area is 156 Å². The Balaban J connectivity index is 1.75. The van der Waals surface area contributed by atoms with Gasteiger partial charge in [0.05, 0.1) is 17.7 Å². The van der Waals surface area contributed by atoms with Gasteiger partial charge < -0.3 is 10.6 Å². The molecule has 1 aromatic carbocycles. The van der Waals surface area contributed by atoms with Crippen molar-refractivity contribution in [1.82, 2.24) is 15.6 Å². The van der Waals surface area contributed by atoms with E-state index in [2.05, 4.69) is 15.6 Å². The van der Waals surface area contributed by atoms with Gasteiger partial charge in [0.1, 0.15) is 0 Å². The molecule has 1 saturated heterocycles. The first-order chi connectivity index (χ1) is 12.8. The Morgan fingerprint density at radius 1 is 1.26 bits per heavy atom. The number of piperidine rings is 1. The number of hydrogen-bond acceptors (Lipinski definition) is 3. The fourth-order valence-corrected chi connectivity index (χ4v) is 3.21. The molecule has 0 aliphatic carbocycles. The zero-order valence-electron chi connectivity index (χ0n) is 15.0. The Bertz CT molecular complexity index is 807. The molecule has 0 spiro atoms. The Kier molecular flexibility index (Phi) is 5.21. The van der Waals surface area contributed by atoms with Gasteiger partial charge >= 0.3 is 0 Å². The number of amides is 2. The molecule has 7 heteroatoms. The predicted molar refractivity (Wildman–Crippen MR) is 96.0 cm³/mol. The summed E-state index contributed by atoms with van der Waals surface area (Å²) >= 11 is 0. The third-order valence-electron chi connectivity index (χ3n) is 4.89. The zero-order chi connectivity index (χ0) is 19.5. The van der Waals surface area contributed by atoms with Crippen molar-refractivity contribution in [2.24, 2.45) is 0 Å². The molecule has 142 valence electrons. The second kappa shape index (κ2) is 7.42. The van der Waals surface area contributed by atoms with Crippen LogP contribution in [0.1, 0.15) is 36.6 Å². The van der Waals surface area contributed by atoms with Crippen LogP contribution in [0.4, 0.5) is 8.78 Å². The van der Waals surface area contributed by atoms with Crippen LogP contribution in [-0.2, 0) is 27.5 Å². The first kappa shape index (κ1) is 18.9. The highest BCUT2D eigenvalue weighted by Gasteiger charge is 2.43. The van der Waals surface area contributed by atoms with Gasteiger partial charge in [-0.15, -0.1) is 0 Å². The van der Waals surface area contributed by atoms with Gasteiger partial charge in [0.25, 0.3) is 5.92 Å². The molecule has 1 fully saturated rings. The highest BCUT2D eigenvalue weighted by Crippen LogP contribution is 2.32. The molecule has 0 saturated carbocycles. The topological polar surface area (TPSA) is 71.1 Å². The second-order valence-corrected chi connectivity index (χ2v) is 6.83. The minimum Gasteiger partial charge on any atom is -0.355 e. The number of hydrogen-bond donors (Lipinski definition) is 2. The maximum absolute atomic E-state index is 13.3. The monoisotopic (exact) mass is 373 g/mol. The molecule has 0 radical (unpaired) electrons. The summed E-state index contributed by atoms with van der Waals surface area (Å²) in [6.45, 7) is 1.15. The van der Waals surface area contributed by atoms with Gasteiger partial charge in [-0.1, -0.05) is 30.3 Å². The predicted octanol–water partition coefficient (Wildman–Crippen LogP) is 2.66. The van der Waals surface area contributed by atoms with E-state index in [-0.39, 0.29) is 36.9 Å². The van der Waals surface area contributed by atoms with Crippen LogP contribution >= 0.6 is 0 Å². The summed E-state index contributed by atoms with van der Waals surface area (Å²) in [5.74, 6) is -3.25. The quantitative estimate of drug-likeness (QED) is 0.847. The molecule has 2 aromatic rings. The number of halogens is 2. The normalized spacial score (nSPS) is 20.0. The molecule has 5 nitrogen and oxygen atoms in total. The molecule has 27 heavy (non-hydrogen) atoms. The van der Waals surface area contributed by atoms with Gasteiger partial charge in [-0.05, 0) is 24.1 Å². The largest absolute Gasteiger partial charge is 0.355 e. The lowest BCUT2D eigenvalue weighted by molar-refractivity contribution is -0.131. The summed E-state index contributed by atoms with van der Waals surface area (Å²) in [6.07, 6.45) is 1.79. The van der Waals surface area contributed by atoms with Gasteiger partial charge in [-0.3, -0.25) is 14.6 Å². The van der Waals surface area contributed by atoms with Crippen LogP contribution in [0, 0.1) is 0 Å². The number of aromatic nitrogens is 1. The number of pyridine rings is 1. The van der Waals surface area contributed by atoms with Crippen molar-refractivity contribution in [1.29, 1.82) is 0 Å². The minimum absolute atomic E-state index is 0.0768. The maximum atomic E-state index is 13.3. The van der Waals surface area contributed by atoms with E-state index in [0.29, 0.717) is 12.1 Å². The van der Waals surface area contributed by atoms with Crippen molar-refractivity contribution >= 4 is 11.8 Å². The highest BCUT2D eigenvalue weighted by molar-refractivity contribution is 5.91. The van der Waals surface area contributed by atoms with Gasteiger partial charge in [-0.25, -0.2) is 8.78 Å². The van der Waals surface area contributed by atoms with Crippen LogP contribution in [-0.4, -0.2) is 23.3 Å². The number of alkyl halides is 2. The Hall–Kier alpha value is -2.83. The van der Waals surface area contributed by atoms with Gasteiger partial charge in [-0.2, -0.15) is 0 Å². The summed E-state index contributed by atoms with van der Waals surface area (Å²) in [7, 11) is 0. The van der Waals surface area contributed by atoms with Crippen molar-refractivity contribution in [3.05, 3.63) is 65.5 Å². The van der Waals surface area contributed by atoms with Crippen LogP contribution in [0.2, 0.25) is 0 Å². The molecule has 1 unspecified atom stereocenters. The maximum Gasteiger partial charge on any atom is 0.272 e. The number of carbonyl (C=O) groups excluding carboxylic acids is 2. The molecule has 2 heterocycles. The molecule has 2 N–H and O–H groups in total. The Morgan fingerprint density at radius 2 is 2.00 bits per heavy atom. The van der Waals surface area contributed by atoms with Crippen molar-refractivity contribution < 1.29 is 18.4 Å². The third kappa shape index (κ3) is 4.13. The van der Waals surface area contributed by atoms with Crippen molar-refractivity contribution in [2.75, 3.05) is 6.54 Å². The summed E-state index contributed by atoms with van der Waals surface area (Å²) in [6, 6.07) is 12.1. The highest BCUT2D eigenvalue weighted by atomic mass is 19.3. The molecule has 2 amide bonds. The zero-order valence-corrected chi connectivity index (χ0v) is 15.0. The van der Waals surface area contributed by atoms with E-state index >= 15 is 0 Å². The van der Waals surface area contributed by atoms with Crippen LogP contribution in [0.3, 0.4) is 0 Å². The van der Waals surface area contributed by atoms with Crippen molar-refractivity contribution in [2.45, 2.75) is 37.6 Å². The summed E-state index contributed by atoms with van der Waals surface area (Å²) in [4.78, 5) is 28.6. The number of benzene rings is 1. The molecule has 1 aliphatic heterocycles.